The monoisotopic (exact) mass is 262 g/mol. The average molecular weight is 263 g/mol. The van der Waals surface area contributed by atoms with Crippen molar-refractivity contribution < 1.29 is 4.79 Å². The van der Waals surface area contributed by atoms with E-state index in [0.717, 1.165) is 18.8 Å². The molecule has 1 fully saturated rings. The maximum atomic E-state index is 11.7. The zero-order chi connectivity index (χ0) is 12.1. The van der Waals surface area contributed by atoms with Crippen LogP contribution in [0.4, 0.5) is 0 Å². The van der Waals surface area contributed by atoms with E-state index in [9.17, 15) is 4.79 Å². The van der Waals surface area contributed by atoms with E-state index in [1.54, 1.807) is 0 Å². The van der Waals surface area contributed by atoms with Gasteiger partial charge >= 0.3 is 0 Å². The number of rotatable bonds is 4. The highest BCUT2D eigenvalue weighted by Crippen LogP contribution is 2.28. The number of carbonyl (C=O) groups is 1. The highest BCUT2D eigenvalue weighted by molar-refractivity contribution is 5.85. The van der Waals surface area contributed by atoms with Crippen LogP contribution < -0.4 is 11.1 Å². The molecule has 0 aromatic heterocycles. The SMILES string of the molecule is CC(N)CCC(=O)NC1CCC(C)CC1C.Cl. The lowest BCUT2D eigenvalue weighted by Gasteiger charge is -2.33. The van der Waals surface area contributed by atoms with E-state index in [-0.39, 0.29) is 24.4 Å². The Hall–Kier alpha value is -0.280. The number of nitrogens with one attached hydrogen (secondary N) is 1. The summed E-state index contributed by atoms with van der Waals surface area (Å²) in [5.41, 5.74) is 5.64. The topological polar surface area (TPSA) is 55.1 Å². The molecule has 0 heterocycles. The van der Waals surface area contributed by atoms with Gasteiger partial charge in [0.25, 0.3) is 0 Å². The molecule has 1 rings (SSSR count). The lowest BCUT2D eigenvalue weighted by molar-refractivity contribution is -0.122. The first-order valence-corrected chi connectivity index (χ1v) is 6.54. The lowest BCUT2D eigenvalue weighted by atomic mass is 9.80. The van der Waals surface area contributed by atoms with Crippen molar-refractivity contribution in [1.82, 2.24) is 5.32 Å². The van der Waals surface area contributed by atoms with Crippen LogP contribution >= 0.6 is 12.4 Å². The number of halogens is 1. The summed E-state index contributed by atoms with van der Waals surface area (Å²) in [5.74, 6) is 1.60. The van der Waals surface area contributed by atoms with Gasteiger partial charge in [0.15, 0.2) is 0 Å². The Morgan fingerprint density at radius 2 is 2.06 bits per heavy atom. The molecule has 0 aliphatic heterocycles. The van der Waals surface area contributed by atoms with Crippen molar-refractivity contribution in [2.45, 2.75) is 65.0 Å². The summed E-state index contributed by atoms with van der Waals surface area (Å²) in [6.45, 7) is 6.48. The van der Waals surface area contributed by atoms with Crippen LogP contribution in [0.15, 0.2) is 0 Å². The molecule has 1 amide bonds. The minimum atomic E-state index is 0. The van der Waals surface area contributed by atoms with Crippen LogP contribution in [0.25, 0.3) is 0 Å². The third-order valence-electron chi connectivity index (χ3n) is 3.60. The third kappa shape index (κ3) is 6.27. The van der Waals surface area contributed by atoms with Gasteiger partial charge in [-0.05, 0) is 44.4 Å². The first-order valence-electron chi connectivity index (χ1n) is 6.54. The van der Waals surface area contributed by atoms with Crippen LogP contribution in [-0.2, 0) is 4.79 Å². The molecule has 3 N–H and O–H groups in total. The second kappa shape index (κ2) is 7.93. The van der Waals surface area contributed by atoms with Crippen molar-refractivity contribution in [3.63, 3.8) is 0 Å². The van der Waals surface area contributed by atoms with E-state index < -0.39 is 0 Å². The zero-order valence-corrected chi connectivity index (χ0v) is 12.1. The maximum Gasteiger partial charge on any atom is 0.220 e. The predicted molar refractivity (Wildman–Crippen MR) is 74.2 cm³/mol. The van der Waals surface area contributed by atoms with E-state index in [2.05, 4.69) is 19.2 Å². The van der Waals surface area contributed by atoms with Crippen LogP contribution in [0.2, 0.25) is 0 Å². The fourth-order valence-electron chi connectivity index (χ4n) is 2.52. The Morgan fingerprint density at radius 1 is 1.41 bits per heavy atom. The van der Waals surface area contributed by atoms with Crippen molar-refractivity contribution in [2.75, 3.05) is 0 Å². The fraction of sp³-hybridized carbons (Fsp3) is 0.923. The fourth-order valence-corrected chi connectivity index (χ4v) is 2.52. The minimum Gasteiger partial charge on any atom is -0.353 e. The molecule has 4 unspecified atom stereocenters. The molecule has 0 saturated heterocycles. The van der Waals surface area contributed by atoms with Gasteiger partial charge in [-0.1, -0.05) is 13.8 Å². The molecule has 102 valence electrons. The van der Waals surface area contributed by atoms with Crippen molar-refractivity contribution in [3.05, 3.63) is 0 Å². The standard InChI is InChI=1S/C13H26N2O.ClH/c1-9-4-6-12(10(2)8-9)15-13(16)7-5-11(3)14;/h9-12H,4-8,14H2,1-3H3,(H,15,16);1H. The maximum absolute atomic E-state index is 11.7. The Bertz CT molecular complexity index is 233. The molecule has 0 radical (unpaired) electrons. The molecule has 3 nitrogen and oxygen atoms in total. The summed E-state index contributed by atoms with van der Waals surface area (Å²) >= 11 is 0. The van der Waals surface area contributed by atoms with Crippen molar-refractivity contribution in [3.8, 4) is 0 Å². The van der Waals surface area contributed by atoms with Gasteiger partial charge in [-0.2, -0.15) is 0 Å². The van der Waals surface area contributed by atoms with Gasteiger partial charge in [0.05, 0.1) is 0 Å². The molecule has 4 heteroatoms. The lowest BCUT2D eigenvalue weighted by Crippen LogP contribution is -2.42. The molecule has 1 aliphatic carbocycles. The largest absolute Gasteiger partial charge is 0.353 e. The molecular weight excluding hydrogens is 236 g/mol. The molecule has 0 aromatic carbocycles. The second-order valence-corrected chi connectivity index (χ2v) is 5.59. The van der Waals surface area contributed by atoms with Crippen molar-refractivity contribution >= 4 is 18.3 Å². The van der Waals surface area contributed by atoms with Crippen molar-refractivity contribution in [1.29, 1.82) is 0 Å². The number of hydrogen-bond donors (Lipinski definition) is 2. The summed E-state index contributed by atoms with van der Waals surface area (Å²) in [6, 6.07) is 0.506. The minimum absolute atomic E-state index is 0. The smallest absolute Gasteiger partial charge is 0.220 e. The van der Waals surface area contributed by atoms with E-state index in [0.29, 0.717) is 18.4 Å². The number of amides is 1. The molecule has 0 bridgehead atoms. The van der Waals surface area contributed by atoms with E-state index in [1.165, 1.54) is 12.8 Å². The first-order chi connectivity index (χ1) is 7.49. The highest BCUT2D eigenvalue weighted by Gasteiger charge is 2.26. The highest BCUT2D eigenvalue weighted by atomic mass is 35.5. The first kappa shape index (κ1) is 16.7. The predicted octanol–water partition coefficient (Wildman–Crippen LogP) is 2.48. The zero-order valence-electron chi connectivity index (χ0n) is 11.2. The Morgan fingerprint density at radius 3 is 2.59 bits per heavy atom. The number of carbonyl (C=O) groups excluding carboxylic acids is 1. The molecule has 1 saturated carbocycles. The molecule has 1 aliphatic rings. The summed E-state index contributed by atoms with van der Waals surface area (Å²) < 4.78 is 0. The quantitative estimate of drug-likeness (QED) is 0.818. The van der Waals surface area contributed by atoms with Gasteiger partial charge in [0.1, 0.15) is 0 Å². The Kier molecular flexibility index (Phi) is 7.80. The summed E-state index contributed by atoms with van der Waals surface area (Å²) in [4.78, 5) is 11.7. The van der Waals surface area contributed by atoms with Crippen LogP contribution in [0, 0.1) is 11.8 Å². The van der Waals surface area contributed by atoms with E-state index in [1.807, 2.05) is 6.92 Å². The van der Waals surface area contributed by atoms with Crippen LogP contribution in [0.3, 0.4) is 0 Å². The number of nitrogens with two attached hydrogens (primary N) is 1. The van der Waals surface area contributed by atoms with Crippen molar-refractivity contribution in [2.24, 2.45) is 17.6 Å². The normalized spacial score (nSPS) is 30.2. The summed E-state index contributed by atoms with van der Waals surface area (Å²) in [6.07, 6.45) is 4.95. The summed E-state index contributed by atoms with van der Waals surface area (Å²) in [7, 11) is 0. The van der Waals surface area contributed by atoms with Crippen LogP contribution in [0.5, 0.6) is 0 Å². The summed E-state index contributed by atoms with van der Waals surface area (Å²) in [5, 5.41) is 3.15. The van der Waals surface area contributed by atoms with Crippen LogP contribution in [0.1, 0.15) is 52.9 Å². The van der Waals surface area contributed by atoms with Gasteiger partial charge in [0, 0.05) is 18.5 Å². The molecule has 17 heavy (non-hydrogen) atoms. The van der Waals surface area contributed by atoms with E-state index in [4.69, 9.17) is 5.73 Å². The molecule has 0 aromatic rings. The third-order valence-corrected chi connectivity index (χ3v) is 3.60. The number of hydrogen-bond acceptors (Lipinski definition) is 2. The second-order valence-electron chi connectivity index (χ2n) is 5.59. The van der Waals surface area contributed by atoms with Gasteiger partial charge in [-0.15, -0.1) is 12.4 Å². The molecular formula is C13H27ClN2O. The van der Waals surface area contributed by atoms with Gasteiger partial charge < -0.3 is 11.1 Å². The van der Waals surface area contributed by atoms with Gasteiger partial charge in [0.2, 0.25) is 5.91 Å². The Balaban J connectivity index is 0.00000256. The van der Waals surface area contributed by atoms with Gasteiger partial charge in [-0.3, -0.25) is 4.79 Å². The van der Waals surface area contributed by atoms with Gasteiger partial charge in [-0.25, -0.2) is 0 Å². The molecule has 0 spiro atoms. The van der Waals surface area contributed by atoms with E-state index >= 15 is 0 Å². The molecule has 4 atom stereocenters. The Labute approximate surface area is 111 Å². The average Bonchev–Trinajstić information content (AvgIpc) is 2.19. The van der Waals surface area contributed by atoms with Crippen LogP contribution in [-0.4, -0.2) is 18.0 Å².